The number of amides is 2. The number of rotatable bonds is 6. The van der Waals surface area contributed by atoms with Crippen molar-refractivity contribution in [2.24, 2.45) is 46.3 Å². The van der Waals surface area contributed by atoms with Crippen LogP contribution in [0.25, 0.3) is 0 Å². The molecule has 0 unspecified atom stereocenters. The quantitative estimate of drug-likeness (QED) is 0.678. The number of carbonyl (C=O) groups excluding carboxylic acids is 2. The molecule has 0 spiro atoms. The van der Waals surface area contributed by atoms with Gasteiger partial charge in [-0.25, -0.2) is 4.98 Å². The van der Waals surface area contributed by atoms with Crippen LogP contribution in [0.1, 0.15) is 87.2 Å². The Morgan fingerprint density at radius 1 is 0.812 bits per heavy atom. The molecule has 7 rings (SSSR count). The Morgan fingerprint density at radius 3 is 1.62 bits per heavy atom. The molecular weight excluding hydrogens is 398 g/mol. The normalized spacial score (nSPS) is 35.8. The standard InChI is InChI=1S/C27H39N3O2/c1-26(2)18-10-8-16(20(26)12-18)14-28-24(31)22-6-5-7-23(30-22)25(32)29-15-17-9-11-19-13-21(17)27(19,3)4/h5-7,16-21H,8-15H2,1-4H3,(H,28,31)(H,29,32)/t16-,17-,18-,19-,20-,21-/m0/s1. The number of hydrogen-bond acceptors (Lipinski definition) is 3. The van der Waals surface area contributed by atoms with Gasteiger partial charge < -0.3 is 10.6 Å². The van der Waals surface area contributed by atoms with Crippen molar-refractivity contribution in [3.63, 3.8) is 0 Å². The van der Waals surface area contributed by atoms with Gasteiger partial charge in [0.15, 0.2) is 0 Å². The molecule has 2 amide bonds. The molecule has 0 saturated heterocycles. The van der Waals surface area contributed by atoms with E-state index in [0.29, 0.717) is 59.0 Å². The maximum Gasteiger partial charge on any atom is 0.269 e. The third-order valence-electron chi connectivity index (χ3n) is 10.3. The van der Waals surface area contributed by atoms with Crippen molar-refractivity contribution >= 4 is 11.8 Å². The minimum atomic E-state index is -0.173. The van der Waals surface area contributed by atoms with Gasteiger partial charge in [0.05, 0.1) is 0 Å². The van der Waals surface area contributed by atoms with E-state index in [9.17, 15) is 9.59 Å². The van der Waals surface area contributed by atoms with Crippen LogP contribution in [-0.4, -0.2) is 29.9 Å². The molecule has 1 heterocycles. The van der Waals surface area contributed by atoms with Crippen molar-refractivity contribution in [1.82, 2.24) is 15.6 Å². The van der Waals surface area contributed by atoms with Gasteiger partial charge in [0.2, 0.25) is 0 Å². The summed E-state index contributed by atoms with van der Waals surface area (Å²) in [6, 6.07) is 5.17. The first kappa shape index (κ1) is 21.9. The molecule has 5 heteroatoms. The van der Waals surface area contributed by atoms with Gasteiger partial charge in [0.1, 0.15) is 11.4 Å². The summed E-state index contributed by atoms with van der Waals surface area (Å²) in [5, 5.41) is 6.20. The van der Waals surface area contributed by atoms with Crippen molar-refractivity contribution in [1.29, 1.82) is 0 Å². The van der Waals surface area contributed by atoms with Gasteiger partial charge in [-0.2, -0.15) is 0 Å². The summed E-state index contributed by atoms with van der Waals surface area (Å²) < 4.78 is 0. The highest BCUT2D eigenvalue weighted by Crippen LogP contribution is 2.62. The van der Waals surface area contributed by atoms with E-state index in [4.69, 9.17) is 0 Å². The minimum Gasteiger partial charge on any atom is -0.350 e. The molecule has 6 aliphatic rings. The molecule has 6 saturated carbocycles. The monoisotopic (exact) mass is 437 g/mol. The fraction of sp³-hybridized carbons (Fsp3) is 0.741. The van der Waals surface area contributed by atoms with Gasteiger partial charge in [-0.05, 0) is 97.0 Å². The summed E-state index contributed by atoms with van der Waals surface area (Å²) >= 11 is 0. The number of hydrogen-bond donors (Lipinski definition) is 2. The van der Waals surface area contributed by atoms with Crippen molar-refractivity contribution in [3.05, 3.63) is 29.6 Å². The van der Waals surface area contributed by atoms with Crippen LogP contribution in [0.3, 0.4) is 0 Å². The van der Waals surface area contributed by atoms with Gasteiger partial charge >= 0.3 is 0 Å². The molecule has 6 fully saturated rings. The highest BCUT2D eigenvalue weighted by Gasteiger charge is 2.54. The molecule has 32 heavy (non-hydrogen) atoms. The molecule has 0 aromatic carbocycles. The Bertz CT molecular complexity index is 835. The number of nitrogens with zero attached hydrogens (tertiary/aromatic N) is 1. The third kappa shape index (κ3) is 3.56. The van der Waals surface area contributed by atoms with Crippen molar-refractivity contribution < 1.29 is 9.59 Å². The van der Waals surface area contributed by atoms with Crippen LogP contribution in [0.15, 0.2) is 18.2 Å². The zero-order valence-corrected chi connectivity index (χ0v) is 20.1. The van der Waals surface area contributed by atoms with Gasteiger partial charge in [0, 0.05) is 13.1 Å². The van der Waals surface area contributed by atoms with Crippen LogP contribution < -0.4 is 10.6 Å². The van der Waals surface area contributed by atoms with Crippen molar-refractivity contribution in [2.75, 3.05) is 13.1 Å². The van der Waals surface area contributed by atoms with Crippen LogP contribution >= 0.6 is 0 Å². The zero-order valence-electron chi connectivity index (χ0n) is 20.1. The van der Waals surface area contributed by atoms with Crippen molar-refractivity contribution in [3.8, 4) is 0 Å². The summed E-state index contributed by atoms with van der Waals surface area (Å²) in [5.41, 5.74) is 1.50. The van der Waals surface area contributed by atoms with Gasteiger partial charge in [-0.3, -0.25) is 9.59 Å². The average Bonchev–Trinajstić information content (AvgIpc) is 2.80. The Kier molecular flexibility index (Phi) is 5.37. The molecule has 174 valence electrons. The van der Waals surface area contributed by atoms with E-state index in [1.165, 1.54) is 38.5 Å². The van der Waals surface area contributed by atoms with Crippen LogP contribution in [0.2, 0.25) is 0 Å². The minimum absolute atomic E-state index is 0.173. The fourth-order valence-electron chi connectivity index (χ4n) is 7.73. The lowest BCUT2D eigenvalue weighted by Gasteiger charge is -2.60. The second-order valence-electron chi connectivity index (χ2n) is 12.2. The SMILES string of the molecule is CC1(C)[C@H]2CC[C@@H](CNC(=O)c3cccc(C(=O)NC[C@@H]4CC[C@H]5C[C@@H]4C5(C)C)n3)[C@@H]1C2. The largest absolute Gasteiger partial charge is 0.350 e. The molecular formula is C27H39N3O2. The molecule has 6 atom stereocenters. The van der Waals surface area contributed by atoms with E-state index in [-0.39, 0.29) is 11.8 Å². The van der Waals surface area contributed by atoms with Crippen LogP contribution in [0.5, 0.6) is 0 Å². The third-order valence-corrected chi connectivity index (χ3v) is 10.3. The predicted molar refractivity (Wildman–Crippen MR) is 125 cm³/mol. The fourth-order valence-corrected chi connectivity index (χ4v) is 7.73. The summed E-state index contributed by atoms with van der Waals surface area (Å²) in [5.74, 6) is 3.91. The first-order valence-corrected chi connectivity index (χ1v) is 12.7. The van der Waals surface area contributed by atoms with E-state index >= 15 is 0 Å². The molecule has 0 aliphatic heterocycles. The first-order valence-electron chi connectivity index (χ1n) is 12.7. The van der Waals surface area contributed by atoms with Gasteiger partial charge in [-0.15, -0.1) is 0 Å². The molecule has 4 bridgehead atoms. The molecule has 1 aromatic heterocycles. The van der Waals surface area contributed by atoms with Crippen molar-refractivity contribution in [2.45, 2.75) is 66.2 Å². The maximum absolute atomic E-state index is 12.8. The van der Waals surface area contributed by atoms with Crippen LogP contribution in [0, 0.1) is 46.3 Å². The molecule has 1 aromatic rings. The van der Waals surface area contributed by atoms with Gasteiger partial charge in [-0.1, -0.05) is 33.8 Å². The second-order valence-corrected chi connectivity index (χ2v) is 12.2. The number of fused-ring (bicyclic) bond motifs is 4. The lowest BCUT2D eigenvalue weighted by Crippen LogP contribution is -2.54. The van der Waals surface area contributed by atoms with E-state index in [0.717, 1.165) is 11.8 Å². The highest BCUT2D eigenvalue weighted by atomic mass is 16.2. The van der Waals surface area contributed by atoms with E-state index in [1.807, 2.05) is 0 Å². The first-order chi connectivity index (χ1) is 15.2. The summed E-state index contributed by atoms with van der Waals surface area (Å²) in [6.45, 7) is 10.9. The Labute approximate surface area is 192 Å². The van der Waals surface area contributed by atoms with Crippen LogP contribution in [0.4, 0.5) is 0 Å². The Morgan fingerprint density at radius 2 is 1.25 bits per heavy atom. The molecule has 0 radical (unpaired) electrons. The van der Waals surface area contributed by atoms with Gasteiger partial charge in [0.25, 0.3) is 11.8 Å². The predicted octanol–water partition coefficient (Wildman–Crippen LogP) is 4.69. The highest BCUT2D eigenvalue weighted by molar-refractivity contribution is 5.96. The second kappa shape index (κ2) is 7.85. The van der Waals surface area contributed by atoms with Crippen LogP contribution in [-0.2, 0) is 0 Å². The summed E-state index contributed by atoms with van der Waals surface area (Å²) in [7, 11) is 0. The summed E-state index contributed by atoms with van der Waals surface area (Å²) in [6.07, 6.45) is 7.57. The van der Waals surface area contributed by atoms with E-state index in [1.54, 1.807) is 18.2 Å². The summed E-state index contributed by atoms with van der Waals surface area (Å²) in [4.78, 5) is 29.9. The molecule has 5 nitrogen and oxygen atoms in total. The topological polar surface area (TPSA) is 71.1 Å². The lowest BCUT2D eigenvalue weighted by molar-refractivity contribution is -0.103. The Balaban J connectivity index is 1.14. The molecule has 6 aliphatic carbocycles. The Hall–Kier alpha value is -1.91. The number of nitrogens with one attached hydrogen (secondary N) is 2. The number of pyridine rings is 1. The van der Waals surface area contributed by atoms with E-state index < -0.39 is 0 Å². The smallest absolute Gasteiger partial charge is 0.269 e. The lowest BCUT2D eigenvalue weighted by atomic mass is 9.45. The number of carbonyl (C=O) groups is 2. The van der Waals surface area contributed by atoms with E-state index in [2.05, 4.69) is 43.3 Å². The molecule has 2 N–H and O–H groups in total. The number of aromatic nitrogens is 1. The zero-order chi connectivity index (χ0) is 22.7. The maximum atomic E-state index is 12.8. The average molecular weight is 438 g/mol.